The van der Waals surface area contributed by atoms with Crippen molar-refractivity contribution in [2.45, 2.75) is 51.2 Å². The van der Waals surface area contributed by atoms with Crippen LogP contribution in [-0.2, 0) is 20.8 Å². The highest BCUT2D eigenvalue weighted by molar-refractivity contribution is 5.99. The Morgan fingerprint density at radius 2 is 1.85 bits per heavy atom. The minimum absolute atomic E-state index is 0.0233. The molecule has 0 bridgehead atoms. The zero-order chi connectivity index (χ0) is 27.5. The van der Waals surface area contributed by atoms with Crippen molar-refractivity contribution in [3.63, 3.8) is 0 Å². The monoisotopic (exact) mass is 528 g/mol. The van der Waals surface area contributed by atoms with Crippen molar-refractivity contribution in [3.05, 3.63) is 72.6 Å². The second kappa shape index (κ2) is 11.2. The first-order valence-corrected chi connectivity index (χ1v) is 13.3. The number of hydrogen-bond donors (Lipinski definition) is 1. The first kappa shape index (κ1) is 26.3. The van der Waals surface area contributed by atoms with E-state index >= 15 is 0 Å². The number of carbonyl (C=O) groups excluding carboxylic acids is 4. The first-order valence-electron chi connectivity index (χ1n) is 13.3. The van der Waals surface area contributed by atoms with E-state index in [2.05, 4.69) is 10.3 Å². The van der Waals surface area contributed by atoms with E-state index in [1.165, 1.54) is 4.90 Å². The van der Waals surface area contributed by atoms with Crippen LogP contribution >= 0.6 is 0 Å². The molecule has 0 spiro atoms. The maximum absolute atomic E-state index is 13.7. The fourth-order valence-corrected chi connectivity index (χ4v) is 5.57. The molecule has 2 fully saturated rings. The highest BCUT2D eigenvalue weighted by atomic mass is 16.6. The zero-order valence-electron chi connectivity index (χ0n) is 22.1. The third-order valence-electron chi connectivity index (χ3n) is 7.33. The van der Waals surface area contributed by atoms with Crippen molar-refractivity contribution >= 4 is 34.5 Å². The molecule has 3 unspecified atom stereocenters. The number of pyridine rings is 1. The van der Waals surface area contributed by atoms with Gasteiger partial charge in [0.1, 0.15) is 17.8 Å². The van der Waals surface area contributed by atoms with Gasteiger partial charge in [0.25, 0.3) is 0 Å². The van der Waals surface area contributed by atoms with E-state index < -0.39 is 18.2 Å². The van der Waals surface area contributed by atoms with Crippen LogP contribution in [0.2, 0.25) is 0 Å². The summed E-state index contributed by atoms with van der Waals surface area (Å²) < 4.78 is 5.51. The number of benzene rings is 2. The molecule has 9 heteroatoms. The van der Waals surface area contributed by atoms with Crippen LogP contribution in [0.15, 0.2) is 67.0 Å². The summed E-state index contributed by atoms with van der Waals surface area (Å²) in [6, 6.07) is 14.8. The Labute approximate surface area is 227 Å². The number of ether oxygens (including phenoxy) is 1. The molecular formula is C30H32N4O5. The highest BCUT2D eigenvalue weighted by Gasteiger charge is 2.52. The van der Waals surface area contributed by atoms with Crippen molar-refractivity contribution in [3.8, 4) is 5.75 Å². The number of ketones is 1. The molecule has 1 aromatic heterocycles. The fourth-order valence-electron chi connectivity index (χ4n) is 5.57. The molecule has 0 aliphatic carbocycles. The Kier molecular flexibility index (Phi) is 7.58. The fraction of sp³-hybridized carbons (Fsp3) is 0.367. The molecule has 9 nitrogen and oxygen atoms in total. The summed E-state index contributed by atoms with van der Waals surface area (Å²) in [6.45, 7) is 4.24. The van der Waals surface area contributed by atoms with E-state index in [4.69, 9.17) is 4.74 Å². The van der Waals surface area contributed by atoms with Crippen molar-refractivity contribution in [2.75, 3.05) is 13.1 Å². The first-order chi connectivity index (χ1) is 18.8. The van der Waals surface area contributed by atoms with E-state index in [9.17, 15) is 19.2 Å². The molecule has 3 aromatic rings. The molecule has 5 rings (SSSR count). The van der Waals surface area contributed by atoms with Gasteiger partial charge in [0.05, 0.1) is 19.0 Å². The lowest BCUT2D eigenvalue weighted by Crippen LogP contribution is -2.53. The van der Waals surface area contributed by atoms with E-state index in [1.807, 2.05) is 50.2 Å². The summed E-state index contributed by atoms with van der Waals surface area (Å²) in [4.78, 5) is 59.8. The van der Waals surface area contributed by atoms with Crippen LogP contribution < -0.4 is 10.1 Å². The molecule has 3 amide bonds. The molecule has 202 valence electrons. The van der Waals surface area contributed by atoms with Crippen LogP contribution in [0.5, 0.6) is 5.75 Å². The molecular weight excluding hydrogens is 496 g/mol. The van der Waals surface area contributed by atoms with Gasteiger partial charge in [-0.1, -0.05) is 50.2 Å². The Bertz CT molecular complexity index is 1390. The lowest BCUT2D eigenvalue weighted by Gasteiger charge is -2.29. The van der Waals surface area contributed by atoms with Gasteiger partial charge in [-0.25, -0.2) is 4.79 Å². The molecule has 0 radical (unpaired) electrons. The van der Waals surface area contributed by atoms with E-state index in [0.717, 1.165) is 16.3 Å². The summed E-state index contributed by atoms with van der Waals surface area (Å²) in [7, 11) is 0. The highest BCUT2D eigenvalue weighted by Crippen LogP contribution is 2.31. The lowest BCUT2D eigenvalue weighted by atomic mass is 10.0. The van der Waals surface area contributed by atoms with E-state index in [1.54, 1.807) is 35.5 Å². The van der Waals surface area contributed by atoms with Gasteiger partial charge in [0.15, 0.2) is 5.78 Å². The topological polar surface area (TPSA) is 109 Å². The van der Waals surface area contributed by atoms with Crippen LogP contribution in [0.4, 0.5) is 4.79 Å². The van der Waals surface area contributed by atoms with Crippen LogP contribution in [-0.4, -0.2) is 69.7 Å². The normalized spacial score (nSPS) is 19.3. The molecule has 2 saturated heterocycles. The maximum atomic E-state index is 13.7. The molecule has 3 heterocycles. The standard InChI is InChI=1S/C30H32N4O5/c1-19(2)14-24(32-30(38)39-23-10-9-21-7-3-4-8-22(21)16-23)29(37)33-13-11-25-28(33)26(35)18-34(25)27(36)15-20-6-5-12-31-17-20/h3-10,12,16-17,19,24-25,28H,11,13-15,18H2,1-2H3,(H,32,38). The Hall–Kier alpha value is -4.27. The third-order valence-corrected chi connectivity index (χ3v) is 7.33. The third kappa shape index (κ3) is 5.77. The van der Waals surface area contributed by atoms with Crippen molar-refractivity contribution in [2.24, 2.45) is 5.92 Å². The molecule has 2 aliphatic rings. The predicted octanol–water partition coefficient (Wildman–Crippen LogP) is 3.36. The second-order valence-corrected chi connectivity index (χ2v) is 10.6. The van der Waals surface area contributed by atoms with Gasteiger partial charge in [-0.05, 0) is 53.3 Å². The SMILES string of the molecule is CC(C)CC(NC(=O)Oc1ccc2ccccc2c1)C(=O)N1CCC2C1C(=O)CN2C(=O)Cc1cccnc1. The molecule has 2 aliphatic heterocycles. The van der Waals surface area contributed by atoms with Crippen molar-refractivity contribution in [1.29, 1.82) is 0 Å². The summed E-state index contributed by atoms with van der Waals surface area (Å²) in [5.74, 6) is -0.171. The Balaban J connectivity index is 1.26. The minimum atomic E-state index is -0.857. The number of likely N-dealkylation sites (tertiary alicyclic amines) is 2. The Morgan fingerprint density at radius 1 is 1.05 bits per heavy atom. The van der Waals surface area contributed by atoms with Crippen LogP contribution in [0.1, 0.15) is 32.3 Å². The number of fused-ring (bicyclic) bond motifs is 2. The Morgan fingerprint density at radius 3 is 2.59 bits per heavy atom. The summed E-state index contributed by atoms with van der Waals surface area (Å²) in [5, 5.41) is 4.69. The number of nitrogens with one attached hydrogen (secondary N) is 1. The van der Waals surface area contributed by atoms with Crippen LogP contribution in [0.25, 0.3) is 10.8 Å². The van der Waals surface area contributed by atoms with Crippen LogP contribution in [0.3, 0.4) is 0 Å². The lowest BCUT2D eigenvalue weighted by molar-refractivity contribution is -0.138. The number of nitrogens with zero attached hydrogens (tertiary/aromatic N) is 3. The molecule has 2 aromatic carbocycles. The smallest absolute Gasteiger partial charge is 0.410 e. The van der Waals surface area contributed by atoms with E-state index in [0.29, 0.717) is 25.1 Å². The van der Waals surface area contributed by atoms with Gasteiger partial charge in [-0.15, -0.1) is 0 Å². The number of hydrogen-bond acceptors (Lipinski definition) is 6. The van der Waals surface area contributed by atoms with Crippen molar-refractivity contribution < 1.29 is 23.9 Å². The van der Waals surface area contributed by atoms with Gasteiger partial charge >= 0.3 is 6.09 Å². The van der Waals surface area contributed by atoms with Gasteiger partial charge in [-0.2, -0.15) is 0 Å². The van der Waals surface area contributed by atoms with Gasteiger partial charge in [0, 0.05) is 18.9 Å². The van der Waals surface area contributed by atoms with Crippen molar-refractivity contribution in [1.82, 2.24) is 20.1 Å². The number of aromatic nitrogens is 1. The zero-order valence-corrected chi connectivity index (χ0v) is 22.1. The molecule has 0 saturated carbocycles. The number of amides is 3. The van der Waals surface area contributed by atoms with E-state index in [-0.39, 0.29) is 42.5 Å². The molecule has 1 N–H and O–H groups in total. The average molecular weight is 529 g/mol. The number of rotatable bonds is 7. The summed E-state index contributed by atoms with van der Waals surface area (Å²) >= 11 is 0. The predicted molar refractivity (Wildman–Crippen MR) is 145 cm³/mol. The van der Waals surface area contributed by atoms with Gasteiger partial charge in [0.2, 0.25) is 11.8 Å². The quantitative estimate of drug-likeness (QED) is 0.504. The largest absolute Gasteiger partial charge is 0.413 e. The van der Waals surface area contributed by atoms with Gasteiger partial charge < -0.3 is 19.9 Å². The second-order valence-electron chi connectivity index (χ2n) is 10.6. The number of carbonyl (C=O) groups is 4. The molecule has 39 heavy (non-hydrogen) atoms. The average Bonchev–Trinajstić information content (AvgIpc) is 3.49. The molecule has 3 atom stereocenters. The summed E-state index contributed by atoms with van der Waals surface area (Å²) in [6.07, 6.45) is 3.59. The van der Waals surface area contributed by atoms with Crippen LogP contribution in [0, 0.1) is 5.92 Å². The maximum Gasteiger partial charge on any atom is 0.413 e. The minimum Gasteiger partial charge on any atom is -0.410 e. The summed E-state index contributed by atoms with van der Waals surface area (Å²) in [5.41, 5.74) is 0.774. The van der Waals surface area contributed by atoms with Gasteiger partial charge in [-0.3, -0.25) is 19.4 Å². The number of Topliss-reactive ketones (excluding diaryl/α,β-unsaturated/α-hetero) is 1.